The van der Waals surface area contributed by atoms with E-state index in [1.165, 1.54) is 11.3 Å². The number of amides is 1. The van der Waals surface area contributed by atoms with Crippen LogP contribution in [0.2, 0.25) is 0 Å². The summed E-state index contributed by atoms with van der Waals surface area (Å²) >= 11 is 1.18. The Kier molecular flexibility index (Phi) is 4.89. The van der Waals surface area contributed by atoms with Crippen molar-refractivity contribution in [1.29, 1.82) is 0 Å². The van der Waals surface area contributed by atoms with Crippen molar-refractivity contribution >= 4 is 28.3 Å². The van der Waals surface area contributed by atoms with E-state index in [2.05, 4.69) is 10.3 Å². The zero-order valence-electron chi connectivity index (χ0n) is 11.3. The van der Waals surface area contributed by atoms with Crippen LogP contribution in [-0.2, 0) is 16.0 Å². The van der Waals surface area contributed by atoms with Crippen molar-refractivity contribution < 1.29 is 19.4 Å². The van der Waals surface area contributed by atoms with Crippen LogP contribution in [0.25, 0.3) is 0 Å². The maximum atomic E-state index is 12.0. The van der Waals surface area contributed by atoms with Gasteiger partial charge < -0.3 is 9.84 Å². The lowest BCUT2D eigenvalue weighted by Crippen LogP contribution is -2.30. The van der Waals surface area contributed by atoms with Gasteiger partial charge in [-0.2, -0.15) is 0 Å². The quantitative estimate of drug-likeness (QED) is 0.854. The second-order valence-electron chi connectivity index (χ2n) is 4.28. The van der Waals surface area contributed by atoms with Crippen molar-refractivity contribution in [1.82, 2.24) is 4.98 Å². The summed E-state index contributed by atoms with van der Waals surface area (Å²) in [5.41, 5.74) is 0.416. The highest BCUT2D eigenvalue weighted by Gasteiger charge is 2.16. The highest BCUT2D eigenvalue weighted by molar-refractivity contribution is 7.13. The summed E-state index contributed by atoms with van der Waals surface area (Å²) in [5.74, 6) is -0.695. The van der Waals surface area contributed by atoms with Gasteiger partial charge in [-0.3, -0.25) is 14.9 Å². The largest absolute Gasteiger partial charge is 0.481 e. The lowest BCUT2D eigenvalue weighted by molar-refractivity contribution is -0.136. The summed E-state index contributed by atoms with van der Waals surface area (Å²) in [6, 6.07) is 9.02. The van der Waals surface area contributed by atoms with E-state index in [-0.39, 0.29) is 12.3 Å². The number of thiazole rings is 1. The number of benzene rings is 1. The summed E-state index contributed by atoms with van der Waals surface area (Å²) in [6.45, 7) is 1.63. The van der Waals surface area contributed by atoms with Crippen LogP contribution in [0.15, 0.2) is 35.7 Å². The molecule has 0 aliphatic heterocycles. The second kappa shape index (κ2) is 6.85. The van der Waals surface area contributed by atoms with E-state index in [1.807, 2.05) is 18.2 Å². The Labute approximate surface area is 125 Å². The predicted molar refractivity (Wildman–Crippen MR) is 78.6 cm³/mol. The number of carboxylic acids is 1. The minimum Gasteiger partial charge on any atom is -0.481 e. The van der Waals surface area contributed by atoms with E-state index in [9.17, 15) is 9.59 Å². The van der Waals surface area contributed by atoms with E-state index in [0.717, 1.165) is 0 Å². The fraction of sp³-hybridized carbons (Fsp3) is 0.214. The molecule has 2 N–H and O–H groups in total. The van der Waals surface area contributed by atoms with E-state index in [0.29, 0.717) is 16.6 Å². The summed E-state index contributed by atoms with van der Waals surface area (Å²) in [6.07, 6.45) is -0.846. The van der Waals surface area contributed by atoms with Gasteiger partial charge in [0.15, 0.2) is 11.2 Å². The molecule has 1 amide bonds. The summed E-state index contributed by atoms with van der Waals surface area (Å²) in [7, 11) is 0. The first-order chi connectivity index (χ1) is 10.0. The first kappa shape index (κ1) is 15.0. The van der Waals surface area contributed by atoms with Gasteiger partial charge in [0.05, 0.1) is 12.1 Å². The lowest BCUT2D eigenvalue weighted by atomic mass is 10.3. The fourth-order valence-corrected chi connectivity index (χ4v) is 2.28. The smallest absolute Gasteiger partial charge is 0.309 e. The molecule has 21 heavy (non-hydrogen) atoms. The summed E-state index contributed by atoms with van der Waals surface area (Å²) in [5, 5.41) is 13.2. The van der Waals surface area contributed by atoms with Crippen LogP contribution in [0.1, 0.15) is 12.6 Å². The molecule has 0 saturated heterocycles. The highest BCUT2D eigenvalue weighted by atomic mass is 32.1. The molecule has 2 rings (SSSR count). The maximum Gasteiger partial charge on any atom is 0.309 e. The molecule has 0 bridgehead atoms. The number of hydrogen-bond donors (Lipinski definition) is 2. The second-order valence-corrected chi connectivity index (χ2v) is 5.13. The summed E-state index contributed by atoms with van der Waals surface area (Å²) < 4.78 is 5.49. The highest BCUT2D eigenvalue weighted by Crippen LogP contribution is 2.17. The van der Waals surface area contributed by atoms with E-state index < -0.39 is 12.1 Å². The molecule has 6 nitrogen and oxygen atoms in total. The first-order valence-corrected chi connectivity index (χ1v) is 7.11. The molecule has 0 saturated carbocycles. The third-order valence-electron chi connectivity index (χ3n) is 2.54. The van der Waals surface area contributed by atoms with Gasteiger partial charge in [-0.05, 0) is 19.1 Å². The van der Waals surface area contributed by atoms with Crippen molar-refractivity contribution in [2.45, 2.75) is 19.4 Å². The van der Waals surface area contributed by atoms with Gasteiger partial charge in [0.25, 0.3) is 5.91 Å². The molecule has 1 aromatic carbocycles. The molecule has 0 aliphatic rings. The molecule has 1 heterocycles. The number of nitrogens with one attached hydrogen (secondary N) is 1. The van der Waals surface area contributed by atoms with Crippen molar-refractivity contribution in [2.24, 2.45) is 0 Å². The number of carbonyl (C=O) groups is 2. The zero-order chi connectivity index (χ0) is 15.2. The van der Waals surface area contributed by atoms with Gasteiger partial charge in [-0.1, -0.05) is 18.2 Å². The average molecular weight is 306 g/mol. The van der Waals surface area contributed by atoms with Crippen LogP contribution in [0.4, 0.5) is 5.13 Å². The topological polar surface area (TPSA) is 88.5 Å². The molecule has 0 spiro atoms. The third kappa shape index (κ3) is 4.57. The molecule has 1 unspecified atom stereocenters. The normalized spacial score (nSPS) is 11.7. The van der Waals surface area contributed by atoms with Crippen LogP contribution < -0.4 is 10.1 Å². The summed E-state index contributed by atoms with van der Waals surface area (Å²) in [4.78, 5) is 26.6. The van der Waals surface area contributed by atoms with Crippen LogP contribution >= 0.6 is 11.3 Å². The van der Waals surface area contributed by atoms with E-state index >= 15 is 0 Å². The molecular formula is C14H14N2O4S. The maximum absolute atomic E-state index is 12.0. The molecule has 2 aromatic rings. The number of rotatable bonds is 6. The van der Waals surface area contributed by atoms with Crippen LogP contribution in [0.3, 0.4) is 0 Å². The number of aliphatic carboxylic acids is 1. The van der Waals surface area contributed by atoms with Gasteiger partial charge >= 0.3 is 5.97 Å². The Hall–Kier alpha value is -2.41. The zero-order valence-corrected chi connectivity index (χ0v) is 12.1. The number of aromatic nitrogens is 1. The number of hydrogen-bond acceptors (Lipinski definition) is 5. The van der Waals surface area contributed by atoms with Gasteiger partial charge in [0.2, 0.25) is 0 Å². The molecular weight excluding hydrogens is 292 g/mol. The van der Waals surface area contributed by atoms with E-state index in [4.69, 9.17) is 9.84 Å². The third-order valence-corrected chi connectivity index (χ3v) is 3.35. The van der Waals surface area contributed by atoms with Crippen LogP contribution in [-0.4, -0.2) is 28.1 Å². The minimum absolute atomic E-state index is 0.164. The molecule has 0 radical (unpaired) electrons. The van der Waals surface area contributed by atoms with Gasteiger partial charge in [0.1, 0.15) is 5.75 Å². The van der Waals surface area contributed by atoms with Crippen LogP contribution in [0, 0.1) is 0 Å². The first-order valence-electron chi connectivity index (χ1n) is 6.23. The number of nitrogens with zero attached hydrogens (tertiary/aromatic N) is 1. The number of carboxylic acid groups (broad SMARTS) is 1. The van der Waals surface area contributed by atoms with Crippen molar-refractivity contribution in [2.75, 3.05) is 5.32 Å². The molecule has 7 heteroatoms. The Balaban J connectivity index is 1.91. The number of carbonyl (C=O) groups excluding carboxylic acids is 1. The van der Waals surface area contributed by atoms with Crippen molar-refractivity contribution in [3.63, 3.8) is 0 Å². The fourth-order valence-electron chi connectivity index (χ4n) is 1.56. The predicted octanol–water partition coefficient (Wildman–Crippen LogP) is 2.18. The SMILES string of the molecule is CC(Oc1ccccc1)C(=O)Nc1nc(CC(=O)O)cs1. The number of para-hydroxylation sites is 1. The Morgan fingerprint density at radius 3 is 2.76 bits per heavy atom. The van der Waals surface area contributed by atoms with Gasteiger partial charge in [0, 0.05) is 5.38 Å². The Morgan fingerprint density at radius 1 is 1.38 bits per heavy atom. The monoisotopic (exact) mass is 306 g/mol. The number of anilines is 1. The van der Waals surface area contributed by atoms with E-state index in [1.54, 1.807) is 24.4 Å². The average Bonchev–Trinajstić information content (AvgIpc) is 2.86. The minimum atomic E-state index is -0.959. The van der Waals surface area contributed by atoms with Crippen LogP contribution in [0.5, 0.6) is 5.75 Å². The lowest BCUT2D eigenvalue weighted by Gasteiger charge is -2.13. The van der Waals surface area contributed by atoms with Gasteiger partial charge in [-0.15, -0.1) is 11.3 Å². The molecule has 110 valence electrons. The van der Waals surface area contributed by atoms with Crippen molar-refractivity contribution in [3.8, 4) is 5.75 Å². The Bertz CT molecular complexity index is 627. The van der Waals surface area contributed by atoms with Gasteiger partial charge in [-0.25, -0.2) is 4.98 Å². The molecule has 1 aromatic heterocycles. The molecule has 0 aliphatic carbocycles. The van der Waals surface area contributed by atoms with Crippen molar-refractivity contribution in [3.05, 3.63) is 41.4 Å². The standard InChI is InChI=1S/C14H14N2O4S/c1-9(20-11-5-3-2-4-6-11)13(19)16-14-15-10(8-21-14)7-12(17)18/h2-6,8-9H,7H2,1H3,(H,17,18)(H,15,16,19). The Morgan fingerprint density at radius 2 is 2.10 bits per heavy atom. The molecule has 1 atom stereocenters. The molecule has 0 fully saturated rings. The number of ether oxygens (including phenoxy) is 1.